The average Bonchev–Trinajstić information content (AvgIpc) is 2.97. The van der Waals surface area contributed by atoms with Gasteiger partial charge in [-0.2, -0.15) is 0 Å². The van der Waals surface area contributed by atoms with Gasteiger partial charge in [-0.3, -0.25) is 4.90 Å². The van der Waals surface area contributed by atoms with E-state index < -0.39 is 0 Å². The molecule has 1 aliphatic heterocycles. The Morgan fingerprint density at radius 3 is 2.17 bits per heavy atom. The second-order valence-electron chi connectivity index (χ2n) is 6.77. The molecule has 23 heavy (non-hydrogen) atoms. The first-order chi connectivity index (χ1) is 10.9. The van der Waals surface area contributed by atoms with Gasteiger partial charge in [0, 0.05) is 11.9 Å². The highest BCUT2D eigenvalue weighted by Crippen LogP contribution is 2.09. The van der Waals surface area contributed by atoms with Crippen LogP contribution in [0.2, 0.25) is 0 Å². The van der Waals surface area contributed by atoms with E-state index in [4.69, 9.17) is 0 Å². The van der Waals surface area contributed by atoms with E-state index in [0.717, 1.165) is 5.33 Å². The third kappa shape index (κ3) is 13.4. The van der Waals surface area contributed by atoms with Crippen LogP contribution < -0.4 is 21.9 Å². The number of hydrogen-bond acceptors (Lipinski definition) is 1. The summed E-state index contributed by atoms with van der Waals surface area (Å²) in [6, 6.07) is 0. The molecule has 0 saturated heterocycles. The summed E-state index contributed by atoms with van der Waals surface area (Å²) in [6.45, 7) is 6.07. The minimum Gasteiger partial charge on any atom is -1.00 e. The fraction of sp³-hybridized carbons (Fsp3) is 0.895. The van der Waals surface area contributed by atoms with Crippen LogP contribution in [0.4, 0.5) is 0 Å². The van der Waals surface area contributed by atoms with Crippen LogP contribution in [0.5, 0.6) is 0 Å². The molecule has 1 aliphatic rings. The van der Waals surface area contributed by atoms with E-state index >= 15 is 0 Å². The number of unbranched alkanes of at least 4 members (excludes halogenated alkanes) is 10. The summed E-state index contributed by atoms with van der Waals surface area (Å²) in [5.41, 5.74) is 0. The molecule has 0 bridgehead atoms. The molecule has 1 atom stereocenters. The molecule has 0 fully saturated rings. The van der Waals surface area contributed by atoms with Gasteiger partial charge < -0.3 is 21.9 Å². The van der Waals surface area contributed by atoms with Crippen molar-refractivity contribution >= 4 is 15.9 Å². The van der Waals surface area contributed by atoms with Crippen molar-refractivity contribution in [3.8, 4) is 0 Å². The third-order valence-corrected chi connectivity index (χ3v) is 5.17. The Morgan fingerprint density at radius 1 is 0.870 bits per heavy atom. The Bertz CT molecular complexity index is 272. The molecular weight excluding hydrogens is 416 g/mol. The van der Waals surface area contributed by atoms with Gasteiger partial charge >= 0.3 is 0 Å². The van der Waals surface area contributed by atoms with E-state index in [0.29, 0.717) is 0 Å². The highest BCUT2D eigenvalue weighted by atomic mass is 79.9. The minimum absolute atomic E-state index is 0. The van der Waals surface area contributed by atoms with Crippen molar-refractivity contribution < 1.29 is 21.9 Å². The molecule has 138 valence electrons. The van der Waals surface area contributed by atoms with Crippen LogP contribution in [-0.2, 0) is 0 Å². The maximum atomic E-state index is 3.50. The van der Waals surface area contributed by atoms with Gasteiger partial charge in [0.2, 0.25) is 0 Å². The summed E-state index contributed by atoms with van der Waals surface area (Å²) < 4.78 is 0. The molecule has 1 rings (SSSR count). The molecule has 0 amide bonds. The Kier molecular flexibility index (Phi) is 17.6. The largest absolute Gasteiger partial charge is 1.00 e. The molecule has 0 spiro atoms. The lowest BCUT2D eigenvalue weighted by molar-refractivity contribution is -0.849. The van der Waals surface area contributed by atoms with Crippen LogP contribution in [0.15, 0.2) is 12.4 Å². The highest BCUT2D eigenvalue weighted by Gasteiger charge is 2.15. The van der Waals surface area contributed by atoms with Crippen LogP contribution in [0, 0.1) is 0 Å². The molecule has 4 heteroatoms. The standard InChI is InChI=1S/C19H37BrN2.BrH/c1-2-3-4-5-6-7-9-12-15-21-17-18-22(19-21)16-13-10-8-11-14-20;/h17-18H,2-16,19H2,1H3;1H. The first-order valence-electron chi connectivity index (χ1n) is 9.69. The zero-order valence-corrected chi connectivity index (χ0v) is 18.3. The number of nitrogens with zero attached hydrogens (tertiary/aromatic N) is 1. The topological polar surface area (TPSA) is 7.68 Å². The van der Waals surface area contributed by atoms with Gasteiger partial charge in [-0.15, -0.1) is 0 Å². The van der Waals surface area contributed by atoms with E-state index in [9.17, 15) is 0 Å². The first kappa shape index (κ1) is 23.5. The number of alkyl halides is 1. The zero-order chi connectivity index (χ0) is 15.9. The van der Waals surface area contributed by atoms with Gasteiger partial charge in [0.05, 0.1) is 12.7 Å². The maximum absolute atomic E-state index is 3.50. The Labute approximate surface area is 164 Å². The van der Waals surface area contributed by atoms with Gasteiger partial charge in [-0.25, -0.2) is 0 Å². The van der Waals surface area contributed by atoms with Crippen molar-refractivity contribution in [1.82, 2.24) is 4.90 Å². The molecule has 0 aliphatic carbocycles. The van der Waals surface area contributed by atoms with Gasteiger partial charge in [-0.1, -0.05) is 74.2 Å². The highest BCUT2D eigenvalue weighted by molar-refractivity contribution is 9.09. The predicted octanol–water partition coefficient (Wildman–Crippen LogP) is 1.72. The van der Waals surface area contributed by atoms with Gasteiger partial charge in [-0.05, 0) is 25.7 Å². The molecule has 1 N–H and O–H groups in total. The summed E-state index contributed by atoms with van der Waals surface area (Å²) in [6.07, 6.45) is 21.5. The van der Waals surface area contributed by atoms with E-state index in [-0.39, 0.29) is 17.0 Å². The number of rotatable bonds is 15. The van der Waals surface area contributed by atoms with Crippen molar-refractivity contribution in [3.63, 3.8) is 0 Å². The Balaban J connectivity index is 0.00000484. The number of quaternary nitrogens is 1. The van der Waals surface area contributed by atoms with Crippen molar-refractivity contribution in [3.05, 3.63) is 12.4 Å². The smallest absolute Gasteiger partial charge is 0.156 e. The van der Waals surface area contributed by atoms with Crippen LogP contribution >= 0.6 is 15.9 Å². The normalized spacial score (nSPS) is 16.8. The Morgan fingerprint density at radius 2 is 1.48 bits per heavy atom. The summed E-state index contributed by atoms with van der Waals surface area (Å²) in [7, 11) is 0. The van der Waals surface area contributed by atoms with E-state index in [1.54, 1.807) is 4.90 Å². The molecule has 0 saturated carbocycles. The quantitative estimate of drug-likeness (QED) is 0.293. The summed E-state index contributed by atoms with van der Waals surface area (Å²) >= 11 is 3.50. The second kappa shape index (κ2) is 17.3. The molecule has 2 nitrogen and oxygen atoms in total. The molecule has 0 aromatic rings. The van der Waals surface area contributed by atoms with E-state index in [1.807, 2.05) is 0 Å². The number of nitrogens with one attached hydrogen (secondary N) is 1. The maximum Gasteiger partial charge on any atom is 0.156 e. The fourth-order valence-corrected chi connectivity index (χ4v) is 3.54. The lowest BCUT2D eigenvalue weighted by Crippen LogP contribution is -3.07. The van der Waals surface area contributed by atoms with Gasteiger partial charge in [0.15, 0.2) is 6.67 Å². The zero-order valence-electron chi connectivity index (χ0n) is 15.2. The predicted molar refractivity (Wildman–Crippen MR) is 101 cm³/mol. The van der Waals surface area contributed by atoms with Crippen molar-refractivity contribution in [1.29, 1.82) is 0 Å². The van der Waals surface area contributed by atoms with E-state index in [2.05, 4.69) is 40.2 Å². The first-order valence-corrected chi connectivity index (χ1v) is 10.8. The third-order valence-electron chi connectivity index (χ3n) is 4.61. The number of halogens is 2. The van der Waals surface area contributed by atoms with Crippen LogP contribution in [0.1, 0.15) is 84.0 Å². The molecule has 1 heterocycles. The molecule has 0 aromatic carbocycles. The fourth-order valence-electron chi connectivity index (χ4n) is 3.14. The van der Waals surface area contributed by atoms with Gasteiger partial charge in [0.1, 0.15) is 6.20 Å². The second-order valence-corrected chi connectivity index (χ2v) is 7.57. The van der Waals surface area contributed by atoms with Crippen molar-refractivity contribution in [2.24, 2.45) is 0 Å². The van der Waals surface area contributed by atoms with Crippen LogP contribution in [0.3, 0.4) is 0 Å². The monoisotopic (exact) mass is 452 g/mol. The van der Waals surface area contributed by atoms with Crippen molar-refractivity contribution in [2.45, 2.75) is 84.0 Å². The molecule has 1 unspecified atom stereocenters. The summed E-state index contributed by atoms with van der Waals surface area (Å²) in [5, 5.41) is 1.16. The molecule has 0 radical (unpaired) electrons. The summed E-state index contributed by atoms with van der Waals surface area (Å²) in [5.74, 6) is 0. The Hall–Kier alpha value is 0.460. The average molecular weight is 454 g/mol. The van der Waals surface area contributed by atoms with Crippen LogP contribution in [0.25, 0.3) is 0 Å². The van der Waals surface area contributed by atoms with Gasteiger partial charge in [0.25, 0.3) is 0 Å². The molecular formula is C19H38Br2N2. The lowest BCUT2D eigenvalue weighted by atomic mass is 10.1. The lowest BCUT2D eigenvalue weighted by Gasteiger charge is -2.17. The van der Waals surface area contributed by atoms with Crippen molar-refractivity contribution in [2.75, 3.05) is 25.1 Å². The number of hydrogen-bond donors (Lipinski definition) is 1. The minimum atomic E-state index is 0. The SMILES string of the molecule is CCCCCCCCCCN1C=C[NH+](CCCCCCBr)C1.[Br-]. The van der Waals surface area contributed by atoms with E-state index in [1.165, 1.54) is 96.8 Å². The molecule has 0 aromatic heterocycles. The van der Waals surface area contributed by atoms with Crippen LogP contribution in [-0.4, -0.2) is 30.0 Å². The summed E-state index contributed by atoms with van der Waals surface area (Å²) in [4.78, 5) is 4.17.